The summed E-state index contributed by atoms with van der Waals surface area (Å²) in [6.45, 7) is 1.92. The highest BCUT2D eigenvalue weighted by molar-refractivity contribution is 6.33. The highest BCUT2D eigenvalue weighted by Gasteiger charge is 2.10. The monoisotopic (exact) mass is 243 g/mol. The maximum atomic E-state index is 10.9. The number of aliphatic hydroxyl groups excluding tert-OH is 1. The second-order valence-electron chi connectivity index (χ2n) is 3.35. The van der Waals surface area contributed by atoms with E-state index in [-0.39, 0.29) is 18.2 Å². The van der Waals surface area contributed by atoms with Crippen molar-refractivity contribution in [1.82, 2.24) is 4.98 Å². The van der Waals surface area contributed by atoms with E-state index in [2.05, 4.69) is 10.3 Å². The topological polar surface area (TPSA) is 88.2 Å². The van der Waals surface area contributed by atoms with E-state index >= 15 is 0 Å². The van der Waals surface area contributed by atoms with Gasteiger partial charge in [0.15, 0.2) is 0 Å². The van der Waals surface area contributed by atoms with Gasteiger partial charge in [0, 0.05) is 6.20 Å². The largest absolute Gasteiger partial charge is 0.394 e. The number of primary amides is 1. The molecule has 0 fully saturated rings. The molecular formula is C10H14ClN3O2. The normalized spacial score (nSPS) is 12.2. The number of pyridine rings is 1. The Bertz CT molecular complexity index is 380. The number of nitrogens with two attached hydrogens (primary N) is 1. The van der Waals surface area contributed by atoms with Crippen molar-refractivity contribution in [1.29, 1.82) is 0 Å². The first kappa shape index (κ1) is 12.7. The van der Waals surface area contributed by atoms with Gasteiger partial charge in [-0.05, 0) is 12.5 Å². The Morgan fingerprint density at radius 1 is 1.75 bits per heavy atom. The van der Waals surface area contributed by atoms with Crippen LogP contribution in [0, 0.1) is 0 Å². The number of halogens is 1. The fraction of sp³-hybridized carbons (Fsp3) is 0.400. The third-order valence-corrected chi connectivity index (χ3v) is 2.47. The fourth-order valence-corrected chi connectivity index (χ4v) is 1.37. The molecular weight excluding hydrogens is 230 g/mol. The number of aliphatic hydroxyl groups is 1. The van der Waals surface area contributed by atoms with Gasteiger partial charge in [-0.2, -0.15) is 0 Å². The molecule has 0 radical (unpaired) electrons. The molecule has 1 rings (SSSR count). The smallest absolute Gasteiger partial charge is 0.250 e. The summed E-state index contributed by atoms with van der Waals surface area (Å²) < 4.78 is 0. The van der Waals surface area contributed by atoms with Crippen LogP contribution in [-0.2, 0) is 0 Å². The fourth-order valence-electron chi connectivity index (χ4n) is 1.15. The minimum atomic E-state index is -0.574. The van der Waals surface area contributed by atoms with Gasteiger partial charge in [-0.1, -0.05) is 18.5 Å². The summed E-state index contributed by atoms with van der Waals surface area (Å²) >= 11 is 5.92. The van der Waals surface area contributed by atoms with Gasteiger partial charge in [-0.15, -0.1) is 0 Å². The SMILES string of the molecule is CC[C@@H](CO)Nc1ncc(C(N)=O)cc1Cl. The van der Waals surface area contributed by atoms with Crippen LogP contribution >= 0.6 is 11.6 Å². The Hall–Kier alpha value is -1.33. The van der Waals surface area contributed by atoms with Crippen LogP contribution in [0.3, 0.4) is 0 Å². The van der Waals surface area contributed by atoms with Gasteiger partial charge < -0.3 is 16.2 Å². The molecule has 0 aromatic carbocycles. The maximum Gasteiger partial charge on any atom is 0.250 e. The predicted molar refractivity (Wildman–Crippen MR) is 62.6 cm³/mol. The van der Waals surface area contributed by atoms with E-state index in [0.29, 0.717) is 10.8 Å². The second kappa shape index (κ2) is 5.67. The molecule has 1 heterocycles. The van der Waals surface area contributed by atoms with Crippen molar-refractivity contribution < 1.29 is 9.90 Å². The molecule has 4 N–H and O–H groups in total. The zero-order chi connectivity index (χ0) is 12.1. The highest BCUT2D eigenvalue weighted by atomic mass is 35.5. The lowest BCUT2D eigenvalue weighted by molar-refractivity contribution is 0.1000. The second-order valence-corrected chi connectivity index (χ2v) is 3.76. The van der Waals surface area contributed by atoms with Gasteiger partial charge in [-0.25, -0.2) is 4.98 Å². The number of amides is 1. The zero-order valence-electron chi connectivity index (χ0n) is 8.90. The first-order valence-electron chi connectivity index (χ1n) is 4.91. The molecule has 0 aliphatic rings. The summed E-state index contributed by atoms with van der Waals surface area (Å²) in [6.07, 6.45) is 2.09. The molecule has 1 amide bonds. The minimum Gasteiger partial charge on any atom is -0.394 e. The van der Waals surface area contributed by atoms with E-state index in [4.69, 9.17) is 22.4 Å². The lowest BCUT2D eigenvalue weighted by Crippen LogP contribution is -2.23. The van der Waals surface area contributed by atoms with Gasteiger partial charge >= 0.3 is 0 Å². The Morgan fingerprint density at radius 2 is 2.44 bits per heavy atom. The molecule has 1 atom stereocenters. The van der Waals surface area contributed by atoms with E-state index < -0.39 is 5.91 Å². The maximum absolute atomic E-state index is 10.9. The summed E-state index contributed by atoms with van der Waals surface area (Å²) in [4.78, 5) is 14.8. The molecule has 0 aliphatic carbocycles. The summed E-state index contributed by atoms with van der Waals surface area (Å²) in [5.74, 6) is -0.136. The number of nitrogens with zero attached hydrogens (tertiary/aromatic N) is 1. The van der Waals surface area contributed by atoms with Crippen molar-refractivity contribution in [2.24, 2.45) is 5.73 Å². The number of nitrogens with one attached hydrogen (secondary N) is 1. The first-order valence-corrected chi connectivity index (χ1v) is 5.29. The number of aromatic nitrogens is 1. The van der Waals surface area contributed by atoms with E-state index in [9.17, 15) is 4.79 Å². The first-order chi connectivity index (χ1) is 7.58. The summed E-state index contributed by atoms with van der Waals surface area (Å²) in [5.41, 5.74) is 5.35. The van der Waals surface area contributed by atoms with E-state index in [1.807, 2.05) is 6.92 Å². The van der Waals surface area contributed by atoms with Crippen molar-refractivity contribution in [2.45, 2.75) is 19.4 Å². The Labute approximate surface area is 98.6 Å². The summed E-state index contributed by atoms with van der Waals surface area (Å²) in [6, 6.07) is 1.34. The van der Waals surface area contributed by atoms with E-state index in [1.54, 1.807) is 0 Å². The zero-order valence-corrected chi connectivity index (χ0v) is 9.66. The molecule has 0 spiro atoms. The average molecular weight is 244 g/mol. The third kappa shape index (κ3) is 3.08. The quantitative estimate of drug-likeness (QED) is 0.720. The minimum absolute atomic E-state index is 0.00786. The Balaban J connectivity index is 2.86. The Morgan fingerprint density at radius 3 is 2.88 bits per heavy atom. The van der Waals surface area contributed by atoms with Crippen molar-refractivity contribution in [3.8, 4) is 0 Å². The van der Waals surface area contributed by atoms with Crippen LogP contribution in [0.5, 0.6) is 0 Å². The van der Waals surface area contributed by atoms with Gasteiger partial charge in [-0.3, -0.25) is 4.79 Å². The van der Waals surface area contributed by atoms with Crippen molar-refractivity contribution in [3.05, 3.63) is 22.8 Å². The molecule has 1 aromatic heterocycles. The van der Waals surface area contributed by atoms with Crippen LogP contribution in [0.25, 0.3) is 0 Å². The molecule has 0 saturated heterocycles. The molecule has 5 nitrogen and oxygen atoms in total. The number of hydrogen-bond donors (Lipinski definition) is 3. The number of anilines is 1. The third-order valence-electron chi connectivity index (χ3n) is 2.18. The van der Waals surface area contributed by atoms with Crippen molar-refractivity contribution in [3.63, 3.8) is 0 Å². The molecule has 0 saturated carbocycles. The Kier molecular flexibility index (Phi) is 4.52. The van der Waals surface area contributed by atoms with Crippen LogP contribution in [-0.4, -0.2) is 28.6 Å². The van der Waals surface area contributed by atoms with Gasteiger partial charge in [0.2, 0.25) is 5.91 Å². The molecule has 0 unspecified atom stereocenters. The van der Waals surface area contributed by atoms with Crippen LogP contribution < -0.4 is 11.1 Å². The van der Waals surface area contributed by atoms with Crippen LogP contribution in [0.15, 0.2) is 12.3 Å². The van der Waals surface area contributed by atoms with Crippen molar-refractivity contribution >= 4 is 23.3 Å². The lowest BCUT2D eigenvalue weighted by atomic mass is 10.2. The molecule has 88 valence electrons. The summed E-state index contributed by atoms with van der Waals surface area (Å²) in [5, 5.41) is 12.3. The van der Waals surface area contributed by atoms with Gasteiger partial charge in [0.25, 0.3) is 0 Å². The molecule has 1 aromatic rings. The van der Waals surface area contributed by atoms with Gasteiger partial charge in [0.1, 0.15) is 5.82 Å². The number of carbonyl (C=O) groups is 1. The number of carbonyl (C=O) groups excluding carboxylic acids is 1. The van der Waals surface area contributed by atoms with E-state index in [0.717, 1.165) is 6.42 Å². The summed E-state index contributed by atoms with van der Waals surface area (Å²) in [7, 11) is 0. The van der Waals surface area contributed by atoms with Crippen molar-refractivity contribution in [2.75, 3.05) is 11.9 Å². The number of hydrogen-bond acceptors (Lipinski definition) is 4. The lowest BCUT2D eigenvalue weighted by Gasteiger charge is -2.15. The highest BCUT2D eigenvalue weighted by Crippen LogP contribution is 2.20. The number of rotatable bonds is 5. The molecule has 6 heteroatoms. The molecule has 0 aliphatic heterocycles. The average Bonchev–Trinajstić information content (AvgIpc) is 2.27. The van der Waals surface area contributed by atoms with E-state index in [1.165, 1.54) is 12.3 Å². The molecule has 16 heavy (non-hydrogen) atoms. The van der Waals surface area contributed by atoms with Gasteiger partial charge in [0.05, 0.1) is 23.2 Å². The molecule has 0 bridgehead atoms. The van der Waals surface area contributed by atoms with Crippen LogP contribution in [0.1, 0.15) is 23.7 Å². The van der Waals surface area contributed by atoms with Crippen LogP contribution in [0.2, 0.25) is 5.02 Å². The predicted octanol–water partition coefficient (Wildman–Crippen LogP) is 1.02. The standard InChI is InChI=1S/C10H14ClN3O2/c1-2-7(5-15)14-10-8(11)3-6(4-13-10)9(12)16/h3-4,7,15H,2,5H2,1H3,(H2,12,16)(H,13,14)/t7-/m0/s1. The van der Waals surface area contributed by atoms with Crippen LogP contribution in [0.4, 0.5) is 5.82 Å².